The Kier molecular flexibility index (Phi) is 6.48. The van der Waals surface area contributed by atoms with Crippen LogP contribution in [0.5, 0.6) is 5.75 Å². The summed E-state index contributed by atoms with van der Waals surface area (Å²) >= 11 is 1.25. The molecule has 0 bridgehead atoms. The van der Waals surface area contributed by atoms with Crippen LogP contribution in [0.4, 0.5) is 14.5 Å². The number of benzene rings is 2. The first-order valence-electron chi connectivity index (χ1n) is 8.80. The molecule has 0 saturated heterocycles. The van der Waals surface area contributed by atoms with E-state index < -0.39 is 6.61 Å². The number of alkyl halides is 2. The van der Waals surface area contributed by atoms with Crippen molar-refractivity contribution in [3.8, 4) is 11.4 Å². The number of carbonyl (C=O) groups excluding carboxylic acids is 1. The van der Waals surface area contributed by atoms with Crippen LogP contribution in [-0.4, -0.2) is 33.0 Å². The zero-order valence-corrected chi connectivity index (χ0v) is 17.0. The van der Waals surface area contributed by atoms with Crippen LogP contribution >= 0.6 is 11.8 Å². The van der Waals surface area contributed by atoms with Gasteiger partial charge in [-0.3, -0.25) is 9.36 Å². The van der Waals surface area contributed by atoms with Crippen LogP contribution in [0, 0.1) is 20.8 Å². The number of rotatable bonds is 7. The lowest BCUT2D eigenvalue weighted by Gasteiger charge is -2.12. The van der Waals surface area contributed by atoms with Crippen molar-refractivity contribution in [3.05, 3.63) is 59.4 Å². The van der Waals surface area contributed by atoms with Gasteiger partial charge < -0.3 is 10.1 Å². The lowest BCUT2D eigenvalue weighted by Crippen LogP contribution is -2.15. The van der Waals surface area contributed by atoms with Gasteiger partial charge in [0, 0.05) is 11.8 Å². The number of ether oxygens (including phenoxy) is 1. The van der Waals surface area contributed by atoms with E-state index in [9.17, 15) is 13.6 Å². The van der Waals surface area contributed by atoms with Crippen molar-refractivity contribution in [2.24, 2.45) is 0 Å². The van der Waals surface area contributed by atoms with E-state index in [-0.39, 0.29) is 17.4 Å². The van der Waals surface area contributed by atoms with Crippen molar-refractivity contribution < 1.29 is 18.3 Å². The number of anilines is 1. The van der Waals surface area contributed by atoms with E-state index in [0.29, 0.717) is 10.8 Å². The van der Waals surface area contributed by atoms with Gasteiger partial charge >= 0.3 is 6.61 Å². The second-order valence-electron chi connectivity index (χ2n) is 6.40. The van der Waals surface area contributed by atoms with Crippen LogP contribution in [0.2, 0.25) is 0 Å². The molecule has 1 aromatic heterocycles. The van der Waals surface area contributed by atoms with Gasteiger partial charge in [0.15, 0.2) is 5.16 Å². The summed E-state index contributed by atoms with van der Waals surface area (Å²) in [6.45, 7) is 2.95. The van der Waals surface area contributed by atoms with E-state index in [2.05, 4.69) is 20.3 Å². The van der Waals surface area contributed by atoms with Crippen molar-refractivity contribution in [2.45, 2.75) is 32.5 Å². The number of amides is 1. The highest BCUT2D eigenvalue weighted by atomic mass is 32.2. The molecular formula is C20H20F2N4O2S. The highest BCUT2D eigenvalue weighted by Crippen LogP contribution is 2.25. The van der Waals surface area contributed by atoms with Crippen molar-refractivity contribution >= 4 is 23.4 Å². The van der Waals surface area contributed by atoms with E-state index >= 15 is 0 Å². The molecule has 0 unspecified atom stereocenters. The molecule has 9 heteroatoms. The first-order valence-corrected chi connectivity index (χ1v) is 9.79. The van der Waals surface area contributed by atoms with Crippen LogP contribution in [0.15, 0.2) is 47.6 Å². The number of nitrogens with zero attached hydrogens (tertiary/aromatic N) is 3. The van der Waals surface area contributed by atoms with Crippen LogP contribution in [-0.2, 0) is 4.79 Å². The molecule has 3 aromatic rings. The molecule has 1 heterocycles. The number of hydrogen-bond donors (Lipinski definition) is 1. The van der Waals surface area contributed by atoms with Crippen LogP contribution in [0.1, 0.15) is 17.0 Å². The minimum Gasteiger partial charge on any atom is -0.435 e. The summed E-state index contributed by atoms with van der Waals surface area (Å²) < 4.78 is 30.9. The van der Waals surface area contributed by atoms with Gasteiger partial charge in [0.2, 0.25) is 5.91 Å². The first-order chi connectivity index (χ1) is 13.8. The number of halogens is 2. The monoisotopic (exact) mass is 418 g/mol. The average Bonchev–Trinajstić information content (AvgIpc) is 3.02. The minimum absolute atomic E-state index is 0.0178. The van der Waals surface area contributed by atoms with E-state index in [0.717, 1.165) is 22.6 Å². The number of hydrogen-bond acceptors (Lipinski definition) is 5. The highest BCUT2D eigenvalue weighted by Gasteiger charge is 2.15. The maximum absolute atomic E-state index is 12.3. The summed E-state index contributed by atoms with van der Waals surface area (Å²) in [6.07, 6.45) is 0. The Labute approximate surface area is 171 Å². The first kappa shape index (κ1) is 20.8. The van der Waals surface area contributed by atoms with Crippen molar-refractivity contribution in [1.82, 2.24) is 14.8 Å². The molecular weight excluding hydrogens is 398 g/mol. The molecule has 0 aliphatic heterocycles. The maximum Gasteiger partial charge on any atom is 0.387 e. The average molecular weight is 418 g/mol. The Balaban J connectivity index is 1.70. The van der Waals surface area contributed by atoms with Gasteiger partial charge in [0.05, 0.1) is 11.4 Å². The Morgan fingerprint density at radius 1 is 1.17 bits per heavy atom. The lowest BCUT2D eigenvalue weighted by molar-refractivity contribution is -0.113. The molecule has 0 aliphatic carbocycles. The number of aryl methyl sites for hydroxylation is 3. The third kappa shape index (κ3) is 5.32. The van der Waals surface area contributed by atoms with Gasteiger partial charge in [0.1, 0.15) is 11.6 Å². The third-order valence-corrected chi connectivity index (χ3v) is 5.00. The quantitative estimate of drug-likeness (QED) is 0.571. The molecule has 29 heavy (non-hydrogen) atoms. The molecule has 6 nitrogen and oxygen atoms in total. The summed E-state index contributed by atoms with van der Waals surface area (Å²) in [6, 6.07) is 12.0. The van der Waals surface area contributed by atoms with E-state index in [4.69, 9.17) is 0 Å². The van der Waals surface area contributed by atoms with Crippen molar-refractivity contribution in [3.63, 3.8) is 0 Å². The van der Waals surface area contributed by atoms with Gasteiger partial charge in [-0.2, -0.15) is 8.78 Å². The summed E-state index contributed by atoms with van der Waals surface area (Å²) in [4.78, 5) is 12.3. The van der Waals surface area contributed by atoms with Crippen LogP contribution in [0.25, 0.3) is 5.69 Å². The fourth-order valence-corrected chi connectivity index (χ4v) is 3.54. The number of nitrogens with one attached hydrogen (secondary N) is 1. The SMILES string of the molecule is Cc1ccc(C)c(-n2c(C)nnc2SCC(=O)Nc2cccc(OC(F)F)c2)c1. The lowest BCUT2D eigenvalue weighted by atomic mass is 10.1. The number of aromatic nitrogens is 3. The summed E-state index contributed by atoms with van der Waals surface area (Å²) in [5, 5.41) is 11.6. The summed E-state index contributed by atoms with van der Waals surface area (Å²) in [5.41, 5.74) is 3.52. The smallest absolute Gasteiger partial charge is 0.387 e. The van der Waals surface area contributed by atoms with Gasteiger partial charge in [-0.1, -0.05) is 30.0 Å². The summed E-state index contributed by atoms with van der Waals surface area (Å²) in [7, 11) is 0. The zero-order valence-electron chi connectivity index (χ0n) is 16.1. The van der Waals surface area contributed by atoms with E-state index in [1.165, 1.54) is 30.0 Å². The molecule has 0 spiro atoms. The predicted molar refractivity (Wildman–Crippen MR) is 108 cm³/mol. The Hall–Kier alpha value is -2.94. The molecule has 0 atom stereocenters. The Morgan fingerprint density at radius 3 is 2.72 bits per heavy atom. The molecule has 1 N–H and O–H groups in total. The topological polar surface area (TPSA) is 69.0 Å². The largest absolute Gasteiger partial charge is 0.435 e. The molecule has 152 valence electrons. The predicted octanol–water partition coefficient (Wildman–Crippen LogP) is 4.52. The van der Waals surface area contributed by atoms with E-state index in [1.54, 1.807) is 6.07 Å². The Bertz CT molecular complexity index is 1020. The van der Waals surface area contributed by atoms with Crippen molar-refractivity contribution in [2.75, 3.05) is 11.1 Å². The molecule has 0 radical (unpaired) electrons. The van der Waals surface area contributed by atoms with E-state index in [1.807, 2.05) is 43.5 Å². The molecule has 0 fully saturated rings. The van der Waals surface area contributed by atoms with Gasteiger partial charge in [0.25, 0.3) is 0 Å². The van der Waals surface area contributed by atoms with Crippen LogP contribution in [0.3, 0.4) is 0 Å². The molecule has 3 rings (SSSR count). The van der Waals surface area contributed by atoms with Crippen LogP contribution < -0.4 is 10.1 Å². The zero-order chi connectivity index (χ0) is 21.0. The van der Waals surface area contributed by atoms with Crippen molar-refractivity contribution in [1.29, 1.82) is 0 Å². The summed E-state index contributed by atoms with van der Waals surface area (Å²) in [5.74, 6) is 0.495. The molecule has 2 aromatic carbocycles. The molecule has 1 amide bonds. The Morgan fingerprint density at radius 2 is 1.97 bits per heavy atom. The maximum atomic E-state index is 12.3. The highest BCUT2D eigenvalue weighted by molar-refractivity contribution is 7.99. The third-order valence-electron chi connectivity index (χ3n) is 4.08. The number of carbonyl (C=O) groups is 1. The molecule has 0 saturated carbocycles. The van der Waals surface area contributed by atoms with Gasteiger partial charge in [-0.15, -0.1) is 10.2 Å². The fourth-order valence-electron chi connectivity index (χ4n) is 2.75. The normalized spacial score (nSPS) is 11.0. The minimum atomic E-state index is -2.92. The fraction of sp³-hybridized carbons (Fsp3) is 0.250. The second kappa shape index (κ2) is 9.04. The van der Waals surface area contributed by atoms with Gasteiger partial charge in [-0.25, -0.2) is 0 Å². The second-order valence-corrected chi connectivity index (χ2v) is 7.34. The number of thioether (sulfide) groups is 1. The van der Waals surface area contributed by atoms with Gasteiger partial charge in [-0.05, 0) is 50.1 Å². The molecule has 0 aliphatic rings. The standard InChI is InChI=1S/C20H20F2N4O2S/c1-12-7-8-13(2)17(9-12)26-14(3)24-25-20(26)29-11-18(27)23-15-5-4-6-16(10-15)28-19(21)22/h4-10,19H,11H2,1-3H3,(H,23,27).